The molecule has 4 aliphatic rings. The standard InChI is InChI=1S/C14H13NO2.C13H12ClN.C13H11NO2.C13H13NO.CH4.B/c1-17-14(16)11-8-13(9-6-7-9)15-12-5-3-2-4-10(11)12;14-8-10-7-13(9-5-6-9)15-12-4-2-1-3-11(10)12;15-13(16)10-7-12(8-5-6-8)14-11-4-2-1-3-9(10)11;15-8-10-7-13(9-5-6-9)14-12-4-2-1-3-11(10)12;;/h2-5,8-9H,6-7H2,1H3;1-4,7,9H,5-6,8H2;1-4,7-8H,5-6H2,(H,15,16);1-4,7,9,15H,5-6,8H2;1H4;. The second-order valence-corrected chi connectivity index (χ2v) is 17.1. The number of alkyl halides is 1. The molecule has 4 heterocycles. The third-order valence-corrected chi connectivity index (χ3v) is 12.3. The minimum Gasteiger partial charge on any atom is -0.478 e. The fraction of sp³-hybridized carbons (Fsp3) is 0.296. The summed E-state index contributed by atoms with van der Waals surface area (Å²) >= 11 is 5.98. The Balaban J connectivity index is 0.000000128. The number of fused-ring (bicyclic) bond motifs is 4. The average molecular weight is 884 g/mol. The van der Waals surface area contributed by atoms with Crippen LogP contribution in [0.4, 0.5) is 0 Å². The van der Waals surface area contributed by atoms with Crippen LogP contribution in [0, 0.1) is 0 Å². The second-order valence-electron chi connectivity index (χ2n) is 16.9. The first-order chi connectivity index (χ1) is 30.8. The predicted octanol–water partition coefficient (Wildman–Crippen LogP) is 12.4. The maximum Gasteiger partial charge on any atom is 0.338 e. The molecule has 0 amide bonds. The molecule has 0 bridgehead atoms. The van der Waals surface area contributed by atoms with Crippen molar-refractivity contribution < 1.29 is 24.5 Å². The van der Waals surface area contributed by atoms with Gasteiger partial charge in [0.05, 0.1) is 46.9 Å². The Morgan fingerprint density at radius 1 is 0.538 bits per heavy atom. The zero-order chi connectivity index (χ0) is 43.5. The van der Waals surface area contributed by atoms with E-state index >= 15 is 0 Å². The molecule has 0 spiro atoms. The molecule has 4 aromatic heterocycles. The number of aliphatic hydroxyl groups is 1. The van der Waals surface area contributed by atoms with Crippen LogP contribution in [0.3, 0.4) is 0 Å². The highest BCUT2D eigenvalue weighted by molar-refractivity contribution is 6.18. The van der Waals surface area contributed by atoms with Crippen LogP contribution >= 0.6 is 11.6 Å². The van der Waals surface area contributed by atoms with Crippen molar-refractivity contribution in [2.75, 3.05) is 7.11 Å². The smallest absolute Gasteiger partial charge is 0.338 e. The SMILES string of the molecule is C.COC(=O)c1cc(C2CC2)nc2ccccc12.ClCc1cc(C2CC2)nc2ccccc12.O=C(O)c1cc(C2CC2)nc2ccccc12.OCc1cc(C2CC2)nc2ccccc12.[B]. The Morgan fingerprint density at radius 3 is 1.23 bits per heavy atom. The third kappa shape index (κ3) is 11.0. The largest absolute Gasteiger partial charge is 0.478 e. The van der Waals surface area contributed by atoms with Crippen LogP contribution in [-0.4, -0.2) is 57.6 Å². The first-order valence-electron chi connectivity index (χ1n) is 21.9. The van der Waals surface area contributed by atoms with Gasteiger partial charge in [-0.25, -0.2) is 9.59 Å². The number of benzene rings is 4. The van der Waals surface area contributed by atoms with Crippen molar-refractivity contribution in [2.24, 2.45) is 0 Å². The number of carbonyl (C=O) groups is 2. The number of pyridine rings is 4. The Bertz CT molecular complexity index is 2890. The number of carboxylic acid groups (broad SMARTS) is 1. The van der Waals surface area contributed by atoms with Gasteiger partial charge in [-0.15, -0.1) is 11.6 Å². The van der Waals surface area contributed by atoms with E-state index in [0.29, 0.717) is 40.7 Å². The summed E-state index contributed by atoms with van der Waals surface area (Å²) in [5.41, 5.74) is 11.3. The van der Waals surface area contributed by atoms with Crippen LogP contribution in [-0.2, 0) is 17.2 Å². The van der Waals surface area contributed by atoms with Crippen molar-refractivity contribution in [1.29, 1.82) is 0 Å². The summed E-state index contributed by atoms with van der Waals surface area (Å²) in [6.45, 7) is 0.1000. The average Bonchev–Trinajstić information content (AvgIpc) is 4.13. The Labute approximate surface area is 386 Å². The lowest BCUT2D eigenvalue weighted by Gasteiger charge is -2.07. The van der Waals surface area contributed by atoms with Crippen molar-refractivity contribution >= 4 is 75.6 Å². The fourth-order valence-corrected chi connectivity index (χ4v) is 8.20. The lowest BCUT2D eigenvalue weighted by atomic mass is 10.1. The van der Waals surface area contributed by atoms with Crippen molar-refractivity contribution in [1.82, 2.24) is 19.9 Å². The molecule has 65 heavy (non-hydrogen) atoms. The molecule has 0 atom stereocenters. The van der Waals surface area contributed by atoms with E-state index < -0.39 is 5.97 Å². The highest BCUT2D eigenvalue weighted by Gasteiger charge is 2.29. The minimum absolute atomic E-state index is 0. The molecule has 329 valence electrons. The number of carbonyl (C=O) groups excluding carboxylic acids is 1. The molecule has 11 heteroatoms. The number of hydrogen-bond acceptors (Lipinski definition) is 8. The van der Waals surface area contributed by atoms with E-state index in [1.165, 1.54) is 62.3 Å². The molecule has 4 aromatic carbocycles. The van der Waals surface area contributed by atoms with Crippen LogP contribution in [0.15, 0.2) is 121 Å². The molecular weight excluding hydrogens is 831 g/mol. The van der Waals surface area contributed by atoms with E-state index in [1.54, 1.807) is 6.07 Å². The highest BCUT2D eigenvalue weighted by atomic mass is 35.5. The molecule has 4 saturated carbocycles. The Kier molecular flexibility index (Phi) is 14.9. The normalized spacial score (nSPS) is 14.9. The number of hydrogen-bond donors (Lipinski definition) is 2. The van der Waals surface area contributed by atoms with Gasteiger partial charge in [0, 0.05) is 82.3 Å². The Morgan fingerprint density at radius 2 is 0.862 bits per heavy atom. The maximum atomic E-state index is 11.8. The molecule has 12 rings (SSSR count). The van der Waals surface area contributed by atoms with Crippen molar-refractivity contribution in [3.63, 3.8) is 0 Å². The number of carboxylic acids is 1. The van der Waals surface area contributed by atoms with Gasteiger partial charge in [-0.2, -0.15) is 0 Å². The topological polar surface area (TPSA) is 135 Å². The number of aromatic nitrogens is 4. The number of aliphatic hydroxyl groups excluding tert-OH is 1. The van der Waals surface area contributed by atoms with E-state index in [9.17, 15) is 19.8 Å². The van der Waals surface area contributed by atoms with Crippen LogP contribution in [0.1, 0.15) is 137 Å². The molecular formula is C54H53BClN4O5. The monoisotopic (exact) mass is 883 g/mol. The summed E-state index contributed by atoms with van der Waals surface area (Å²) in [4.78, 5) is 41.4. The molecule has 0 unspecified atom stereocenters. The second kappa shape index (κ2) is 20.7. The van der Waals surface area contributed by atoms with E-state index in [0.717, 1.165) is 73.7 Å². The molecule has 4 aliphatic carbocycles. The molecule has 4 fully saturated rings. The number of ether oxygens (including phenoxy) is 1. The summed E-state index contributed by atoms with van der Waals surface area (Å²) in [5, 5.41) is 22.4. The first-order valence-corrected chi connectivity index (χ1v) is 22.4. The zero-order valence-electron chi connectivity index (χ0n) is 35.8. The van der Waals surface area contributed by atoms with E-state index in [2.05, 4.69) is 44.2 Å². The summed E-state index contributed by atoms with van der Waals surface area (Å²) in [6, 6.07) is 39.2. The number of para-hydroxylation sites is 4. The van der Waals surface area contributed by atoms with Crippen molar-refractivity contribution in [2.45, 2.75) is 95.0 Å². The van der Waals surface area contributed by atoms with E-state index in [1.807, 2.05) is 91.0 Å². The van der Waals surface area contributed by atoms with Gasteiger partial charge in [-0.3, -0.25) is 19.9 Å². The van der Waals surface area contributed by atoms with Gasteiger partial charge in [-0.1, -0.05) is 80.2 Å². The van der Waals surface area contributed by atoms with E-state index in [4.69, 9.17) is 16.3 Å². The summed E-state index contributed by atoms with van der Waals surface area (Å²) < 4.78 is 4.83. The number of esters is 1. The molecule has 2 N–H and O–H groups in total. The highest BCUT2D eigenvalue weighted by Crippen LogP contribution is 2.43. The quantitative estimate of drug-likeness (QED) is 0.0868. The number of halogens is 1. The van der Waals surface area contributed by atoms with Gasteiger partial charge in [-0.05, 0) is 111 Å². The van der Waals surface area contributed by atoms with Crippen molar-refractivity contribution in [3.05, 3.63) is 166 Å². The number of aromatic carboxylic acids is 1. The van der Waals surface area contributed by atoms with Gasteiger partial charge < -0.3 is 14.9 Å². The third-order valence-electron chi connectivity index (χ3n) is 12.0. The molecule has 9 nitrogen and oxygen atoms in total. The Hall–Kier alpha value is -6.23. The van der Waals surface area contributed by atoms with Crippen LogP contribution < -0.4 is 0 Å². The number of nitrogens with zero attached hydrogens (tertiary/aromatic N) is 4. The summed E-state index contributed by atoms with van der Waals surface area (Å²) in [6.07, 6.45) is 9.67. The lowest BCUT2D eigenvalue weighted by molar-refractivity contribution is 0.0601. The van der Waals surface area contributed by atoms with Gasteiger partial charge in [0.25, 0.3) is 0 Å². The summed E-state index contributed by atoms with van der Waals surface area (Å²) in [5.74, 6) is 1.75. The van der Waals surface area contributed by atoms with Gasteiger partial charge in [0.2, 0.25) is 0 Å². The van der Waals surface area contributed by atoms with Crippen LogP contribution in [0.25, 0.3) is 43.6 Å². The van der Waals surface area contributed by atoms with Crippen LogP contribution in [0.5, 0.6) is 0 Å². The van der Waals surface area contributed by atoms with E-state index in [-0.39, 0.29) is 28.4 Å². The summed E-state index contributed by atoms with van der Waals surface area (Å²) in [7, 11) is 1.41. The minimum atomic E-state index is -0.875. The number of rotatable bonds is 8. The van der Waals surface area contributed by atoms with Gasteiger partial charge >= 0.3 is 11.9 Å². The van der Waals surface area contributed by atoms with Gasteiger partial charge in [0.1, 0.15) is 0 Å². The number of methoxy groups -OCH3 is 1. The molecule has 3 radical (unpaired) electrons. The van der Waals surface area contributed by atoms with Crippen LogP contribution in [0.2, 0.25) is 0 Å². The molecule has 0 saturated heterocycles. The maximum absolute atomic E-state index is 11.8. The fourth-order valence-electron chi connectivity index (χ4n) is 7.98. The first kappa shape index (κ1) is 46.8. The zero-order valence-corrected chi connectivity index (χ0v) is 36.5. The lowest BCUT2D eigenvalue weighted by Crippen LogP contribution is -2.04. The van der Waals surface area contributed by atoms with Crippen molar-refractivity contribution in [3.8, 4) is 0 Å². The predicted molar refractivity (Wildman–Crippen MR) is 261 cm³/mol. The van der Waals surface area contributed by atoms with Gasteiger partial charge in [0.15, 0.2) is 0 Å². The molecule has 0 aliphatic heterocycles. The molecule has 8 aromatic rings.